The number of halogens is 2. The number of carboxylic acids is 1. The highest BCUT2D eigenvalue weighted by Gasteiger charge is 2.31. The molecule has 1 saturated heterocycles. The number of hydrogen-bond donors (Lipinski definition) is 2. The molecule has 0 aliphatic carbocycles. The first-order valence-corrected chi connectivity index (χ1v) is 8.44. The maximum atomic E-state index is 13.8. The summed E-state index contributed by atoms with van der Waals surface area (Å²) in [5.74, 6) is -3.78. The first-order valence-electron chi connectivity index (χ1n) is 8.44. The highest BCUT2D eigenvalue weighted by molar-refractivity contribution is 5.96. The summed E-state index contributed by atoms with van der Waals surface area (Å²) in [7, 11) is 0. The molecular formula is C18H16F2N4O4. The maximum absolute atomic E-state index is 13.8. The number of carbonyl (C=O) groups is 3. The molecule has 0 radical (unpaired) electrons. The minimum absolute atomic E-state index is 0.0373. The van der Waals surface area contributed by atoms with Gasteiger partial charge < -0.3 is 15.3 Å². The lowest BCUT2D eigenvalue weighted by atomic mass is 10.0. The van der Waals surface area contributed by atoms with Crippen LogP contribution in [0.25, 0.3) is 0 Å². The summed E-state index contributed by atoms with van der Waals surface area (Å²) in [5, 5.41) is 11.3. The molecular weight excluding hydrogens is 374 g/mol. The Labute approximate surface area is 158 Å². The molecule has 28 heavy (non-hydrogen) atoms. The Hall–Kier alpha value is -3.43. The van der Waals surface area contributed by atoms with Crippen LogP contribution in [0.4, 0.5) is 8.78 Å². The van der Waals surface area contributed by atoms with Crippen LogP contribution >= 0.6 is 0 Å². The van der Waals surface area contributed by atoms with Gasteiger partial charge in [0.2, 0.25) is 5.91 Å². The molecule has 0 bridgehead atoms. The number of piperidine rings is 1. The zero-order valence-corrected chi connectivity index (χ0v) is 14.6. The van der Waals surface area contributed by atoms with Crippen LogP contribution in [0.2, 0.25) is 0 Å². The summed E-state index contributed by atoms with van der Waals surface area (Å²) >= 11 is 0. The number of nitrogens with zero attached hydrogens (tertiary/aromatic N) is 3. The van der Waals surface area contributed by atoms with Gasteiger partial charge in [0, 0.05) is 24.7 Å². The van der Waals surface area contributed by atoms with Gasteiger partial charge in [-0.1, -0.05) is 6.07 Å². The second-order valence-corrected chi connectivity index (χ2v) is 6.26. The van der Waals surface area contributed by atoms with Crippen molar-refractivity contribution in [1.82, 2.24) is 20.2 Å². The van der Waals surface area contributed by atoms with E-state index in [0.717, 1.165) is 24.5 Å². The van der Waals surface area contributed by atoms with Crippen molar-refractivity contribution >= 4 is 17.8 Å². The van der Waals surface area contributed by atoms with Gasteiger partial charge in [-0.05, 0) is 18.9 Å². The van der Waals surface area contributed by atoms with Gasteiger partial charge in [-0.25, -0.2) is 23.5 Å². The van der Waals surface area contributed by atoms with Crippen molar-refractivity contribution in [1.29, 1.82) is 0 Å². The van der Waals surface area contributed by atoms with E-state index >= 15 is 0 Å². The van der Waals surface area contributed by atoms with Crippen LogP contribution in [0.3, 0.4) is 0 Å². The van der Waals surface area contributed by atoms with E-state index in [2.05, 4.69) is 15.3 Å². The molecule has 2 N–H and O–H groups in total. The Balaban J connectivity index is 1.66. The molecule has 1 fully saturated rings. The normalized spacial score (nSPS) is 16.7. The number of hydrogen-bond acceptors (Lipinski definition) is 5. The minimum atomic E-state index is -1.27. The highest BCUT2D eigenvalue weighted by atomic mass is 19.1. The fraction of sp³-hybridized carbons (Fsp3) is 0.278. The molecule has 2 amide bonds. The largest absolute Gasteiger partial charge is 0.476 e. The molecule has 146 valence electrons. The van der Waals surface area contributed by atoms with Gasteiger partial charge in [0.25, 0.3) is 5.91 Å². The van der Waals surface area contributed by atoms with E-state index in [1.165, 1.54) is 11.0 Å². The topological polar surface area (TPSA) is 112 Å². The molecule has 1 unspecified atom stereocenters. The van der Waals surface area contributed by atoms with E-state index in [1.807, 2.05) is 0 Å². The zero-order valence-electron chi connectivity index (χ0n) is 14.6. The second-order valence-electron chi connectivity index (χ2n) is 6.26. The SMILES string of the molecule is O=C(O)c1cnc(C(=O)NC2CCCN(Cc3ccc(F)cc3F)C2=O)cn1. The summed E-state index contributed by atoms with van der Waals surface area (Å²) in [6, 6.07) is 2.32. The number of carbonyl (C=O) groups excluding carboxylic acids is 2. The Morgan fingerprint density at radius 1 is 1.21 bits per heavy atom. The number of benzene rings is 1. The number of aromatic nitrogens is 2. The van der Waals surface area contributed by atoms with Gasteiger partial charge in [0.05, 0.1) is 12.4 Å². The van der Waals surface area contributed by atoms with E-state index in [1.54, 1.807) is 0 Å². The lowest BCUT2D eigenvalue weighted by Crippen LogP contribution is -2.52. The van der Waals surface area contributed by atoms with Gasteiger partial charge in [0.15, 0.2) is 5.69 Å². The molecule has 1 aromatic heterocycles. The zero-order chi connectivity index (χ0) is 20.3. The predicted molar refractivity (Wildman–Crippen MR) is 91.3 cm³/mol. The molecule has 10 heteroatoms. The molecule has 0 spiro atoms. The van der Waals surface area contributed by atoms with Crippen molar-refractivity contribution in [2.45, 2.75) is 25.4 Å². The maximum Gasteiger partial charge on any atom is 0.356 e. The highest BCUT2D eigenvalue weighted by Crippen LogP contribution is 2.18. The lowest BCUT2D eigenvalue weighted by Gasteiger charge is -2.32. The average molecular weight is 390 g/mol. The van der Waals surface area contributed by atoms with Crippen molar-refractivity contribution in [3.8, 4) is 0 Å². The Kier molecular flexibility index (Phi) is 5.57. The van der Waals surface area contributed by atoms with Crippen LogP contribution < -0.4 is 5.32 Å². The van der Waals surface area contributed by atoms with Gasteiger partial charge in [-0.3, -0.25) is 9.59 Å². The first kappa shape index (κ1) is 19.3. The smallest absolute Gasteiger partial charge is 0.356 e. The van der Waals surface area contributed by atoms with Gasteiger partial charge in [-0.15, -0.1) is 0 Å². The summed E-state index contributed by atoms with van der Waals surface area (Å²) in [6.45, 7) is 0.347. The van der Waals surface area contributed by atoms with Crippen molar-refractivity contribution in [2.75, 3.05) is 6.54 Å². The van der Waals surface area contributed by atoms with Crippen LogP contribution in [-0.4, -0.2) is 50.3 Å². The van der Waals surface area contributed by atoms with E-state index < -0.39 is 35.5 Å². The number of nitrogens with one attached hydrogen (secondary N) is 1. The van der Waals surface area contributed by atoms with Crippen LogP contribution in [-0.2, 0) is 11.3 Å². The second kappa shape index (κ2) is 8.07. The van der Waals surface area contributed by atoms with Crippen LogP contribution in [0.15, 0.2) is 30.6 Å². The minimum Gasteiger partial charge on any atom is -0.476 e. The molecule has 8 nitrogen and oxygen atoms in total. The molecule has 2 heterocycles. The number of carboxylic acid groups (broad SMARTS) is 1. The Morgan fingerprint density at radius 3 is 2.57 bits per heavy atom. The van der Waals surface area contributed by atoms with Crippen molar-refractivity contribution in [3.63, 3.8) is 0 Å². The molecule has 1 aliphatic rings. The quantitative estimate of drug-likeness (QED) is 0.798. The van der Waals surface area contributed by atoms with Crippen molar-refractivity contribution in [2.24, 2.45) is 0 Å². The Morgan fingerprint density at radius 2 is 1.93 bits per heavy atom. The molecule has 0 saturated carbocycles. The third kappa shape index (κ3) is 4.27. The average Bonchev–Trinajstić information content (AvgIpc) is 2.67. The lowest BCUT2D eigenvalue weighted by molar-refractivity contribution is -0.136. The monoisotopic (exact) mass is 390 g/mol. The van der Waals surface area contributed by atoms with Crippen molar-refractivity contribution < 1.29 is 28.3 Å². The third-order valence-corrected chi connectivity index (χ3v) is 4.32. The fourth-order valence-corrected chi connectivity index (χ4v) is 2.87. The molecule has 1 aliphatic heterocycles. The molecule has 1 aromatic carbocycles. The standard InChI is InChI=1S/C18H16F2N4O4/c19-11-4-3-10(12(20)6-11)9-24-5-1-2-13(17(24)26)23-16(25)14-7-22-15(8-21-14)18(27)28/h3-4,6-8,13H,1-2,5,9H2,(H,23,25)(H,27,28). The van der Waals surface area contributed by atoms with Crippen molar-refractivity contribution in [3.05, 3.63) is 59.2 Å². The first-order chi connectivity index (χ1) is 13.3. The van der Waals surface area contributed by atoms with E-state index in [4.69, 9.17) is 5.11 Å². The van der Waals surface area contributed by atoms with Gasteiger partial charge >= 0.3 is 5.97 Å². The van der Waals surface area contributed by atoms with E-state index in [-0.39, 0.29) is 23.5 Å². The number of aromatic carboxylic acids is 1. The van der Waals surface area contributed by atoms with Crippen LogP contribution in [0.5, 0.6) is 0 Å². The van der Waals surface area contributed by atoms with E-state index in [0.29, 0.717) is 19.4 Å². The summed E-state index contributed by atoms with van der Waals surface area (Å²) in [6.07, 6.45) is 2.94. The Bertz CT molecular complexity index is 920. The number of rotatable bonds is 5. The fourth-order valence-electron chi connectivity index (χ4n) is 2.87. The summed E-state index contributed by atoms with van der Waals surface area (Å²) in [4.78, 5) is 44.4. The summed E-state index contributed by atoms with van der Waals surface area (Å²) < 4.78 is 26.9. The van der Waals surface area contributed by atoms with E-state index in [9.17, 15) is 23.2 Å². The molecule has 2 aromatic rings. The van der Waals surface area contributed by atoms with Crippen LogP contribution in [0.1, 0.15) is 39.4 Å². The summed E-state index contributed by atoms with van der Waals surface area (Å²) in [5.41, 5.74) is -0.255. The van der Waals surface area contributed by atoms with Crippen LogP contribution in [0, 0.1) is 11.6 Å². The number of amides is 2. The van der Waals surface area contributed by atoms with Gasteiger partial charge in [-0.2, -0.15) is 0 Å². The predicted octanol–water partition coefficient (Wildman–Crippen LogP) is 1.37. The number of likely N-dealkylation sites (tertiary alicyclic amines) is 1. The molecule has 3 rings (SSSR count). The van der Waals surface area contributed by atoms with Gasteiger partial charge in [0.1, 0.15) is 23.4 Å². The molecule has 1 atom stereocenters. The third-order valence-electron chi connectivity index (χ3n) is 4.32.